The highest BCUT2D eigenvalue weighted by molar-refractivity contribution is 7.26. The lowest BCUT2D eigenvalue weighted by molar-refractivity contribution is 1.07. The minimum absolute atomic E-state index is 0.624. The van der Waals surface area contributed by atoms with Crippen LogP contribution in [0, 0.1) is 0 Å². The average Bonchev–Trinajstić information content (AvgIpc) is 4.00. The molecule has 6 heteroatoms. The summed E-state index contributed by atoms with van der Waals surface area (Å²) in [7, 11) is 0. The first-order chi connectivity index (χ1) is 30.3. The molecule has 0 fully saturated rings. The molecule has 284 valence electrons. The Morgan fingerprint density at radius 2 is 0.836 bits per heavy atom. The summed E-state index contributed by atoms with van der Waals surface area (Å²) in [6.07, 6.45) is 0. The van der Waals surface area contributed by atoms with Crippen LogP contribution in [-0.2, 0) is 0 Å². The van der Waals surface area contributed by atoms with Crippen LogP contribution in [0.25, 0.3) is 120 Å². The minimum Gasteiger partial charge on any atom is -0.307 e. The van der Waals surface area contributed by atoms with Gasteiger partial charge in [0.1, 0.15) is 0 Å². The number of para-hydroxylation sites is 4. The lowest BCUT2D eigenvalue weighted by atomic mass is 10.1. The zero-order chi connectivity index (χ0) is 40.0. The molecule has 4 heterocycles. The molecule has 0 unspecified atom stereocenters. The highest BCUT2D eigenvalue weighted by atomic mass is 32.1. The van der Waals surface area contributed by atoms with Gasteiger partial charge in [-0.1, -0.05) is 158 Å². The van der Waals surface area contributed by atoms with E-state index in [1.165, 1.54) is 41.7 Å². The Morgan fingerprint density at radius 3 is 1.62 bits per heavy atom. The third kappa shape index (κ3) is 5.09. The molecular formula is C55H33N5S. The maximum absolute atomic E-state index is 5.44. The van der Waals surface area contributed by atoms with E-state index < -0.39 is 0 Å². The van der Waals surface area contributed by atoms with Gasteiger partial charge in [-0.3, -0.25) is 0 Å². The molecule has 0 aliphatic heterocycles. The summed E-state index contributed by atoms with van der Waals surface area (Å²) in [4.78, 5) is 16.0. The summed E-state index contributed by atoms with van der Waals surface area (Å²) in [5, 5.41) is 9.54. The van der Waals surface area contributed by atoms with Crippen LogP contribution in [-0.4, -0.2) is 24.1 Å². The standard InChI is InChI=1S/C55H33N5S/c1-2-17-35(18-3-1)53-56-54(58-55(57-53)44-28-14-26-42-39-23-8-11-33-49(39)61-52(42)44)43-27-13-24-40-37-21-6-10-30-47(37)60(50(40)43)48-32-15-25-41-38-22-7-9-29-46(38)59(51(41)48)45-31-12-19-34-16-4-5-20-36(34)45/h1-33H. The minimum atomic E-state index is 0.624. The number of aromatic nitrogens is 5. The maximum Gasteiger partial charge on any atom is 0.166 e. The van der Waals surface area contributed by atoms with Crippen LogP contribution in [0.4, 0.5) is 0 Å². The van der Waals surface area contributed by atoms with E-state index in [9.17, 15) is 0 Å². The molecule has 0 amide bonds. The predicted molar refractivity (Wildman–Crippen MR) is 255 cm³/mol. The van der Waals surface area contributed by atoms with Crippen LogP contribution in [0.5, 0.6) is 0 Å². The van der Waals surface area contributed by atoms with Gasteiger partial charge in [0, 0.05) is 63.8 Å². The topological polar surface area (TPSA) is 48.5 Å². The Bertz CT molecular complexity index is 3890. The fraction of sp³-hybridized carbons (Fsp3) is 0. The van der Waals surface area contributed by atoms with Gasteiger partial charge >= 0.3 is 0 Å². The van der Waals surface area contributed by atoms with Crippen molar-refractivity contribution < 1.29 is 0 Å². The number of hydrogen-bond donors (Lipinski definition) is 0. The summed E-state index contributed by atoms with van der Waals surface area (Å²) in [6, 6.07) is 71.4. The van der Waals surface area contributed by atoms with Gasteiger partial charge in [-0.15, -0.1) is 11.3 Å². The second-order valence-electron chi connectivity index (χ2n) is 15.5. The van der Waals surface area contributed by atoms with Crippen molar-refractivity contribution in [1.29, 1.82) is 0 Å². The Balaban J connectivity index is 1.15. The summed E-state index contributed by atoms with van der Waals surface area (Å²) < 4.78 is 7.32. The summed E-state index contributed by atoms with van der Waals surface area (Å²) in [5.74, 6) is 1.91. The van der Waals surface area contributed by atoms with Crippen LogP contribution >= 0.6 is 11.3 Å². The molecule has 61 heavy (non-hydrogen) atoms. The average molecular weight is 796 g/mol. The highest BCUT2D eigenvalue weighted by Crippen LogP contribution is 2.44. The molecule has 0 spiro atoms. The van der Waals surface area contributed by atoms with Gasteiger partial charge in [-0.05, 0) is 47.9 Å². The number of thiophene rings is 1. The van der Waals surface area contributed by atoms with Crippen molar-refractivity contribution in [2.45, 2.75) is 0 Å². The van der Waals surface area contributed by atoms with Crippen molar-refractivity contribution in [1.82, 2.24) is 24.1 Å². The molecule has 0 aliphatic rings. The van der Waals surface area contributed by atoms with E-state index in [1.54, 1.807) is 11.3 Å². The molecule has 0 radical (unpaired) electrons. The lowest BCUT2D eigenvalue weighted by Gasteiger charge is -2.17. The molecule has 13 rings (SSSR count). The number of hydrogen-bond acceptors (Lipinski definition) is 4. The third-order valence-electron chi connectivity index (χ3n) is 12.2. The van der Waals surface area contributed by atoms with E-state index in [0.717, 1.165) is 60.9 Å². The second-order valence-corrected chi connectivity index (χ2v) is 16.6. The molecule has 0 saturated heterocycles. The first-order valence-corrected chi connectivity index (χ1v) is 21.4. The van der Waals surface area contributed by atoms with Gasteiger partial charge in [0.05, 0.1) is 33.4 Å². The van der Waals surface area contributed by atoms with Crippen LogP contribution in [0.3, 0.4) is 0 Å². The summed E-state index contributed by atoms with van der Waals surface area (Å²) in [5.41, 5.74) is 9.53. The fourth-order valence-electron chi connectivity index (χ4n) is 9.54. The van der Waals surface area contributed by atoms with E-state index in [2.05, 4.69) is 191 Å². The van der Waals surface area contributed by atoms with Crippen molar-refractivity contribution in [2.75, 3.05) is 0 Å². The SMILES string of the molecule is c1ccc(-c2nc(-c3cccc4c3sc3ccccc34)nc(-c3cccc4c5ccccc5n(-c5cccc6c7ccccc7n(-c7cccc8ccccc78)c56)c34)n2)cc1. The van der Waals surface area contributed by atoms with Crippen molar-refractivity contribution in [3.63, 3.8) is 0 Å². The molecule has 0 bridgehead atoms. The normalized spacial score (nSPS) is 11.9. The quantitative estimate of drug-likeness (QED) is 0.174. The van der Waals surface area contributed by atoms with Crippen molar-refractivity contribution in [2.24, 2.45) is 0 Å². The second kappa shape index (κ2) is 13.3. The Morgan fingerprint density at radius 1 is 0.328 bits per heavy atom. The molecule has 5 nitrogen and oxygen atoms in total. The van der Waals surface area contributed by atoms with Crippen LogP contribution in [0.1, 0.15) is 0 Å². The molecule has 13 aromatic rings. The maximum atomic E-state index is 5.44. The van der Waals surface area contributed by atoms with Gasteiger partial charge in [0.2, 0.25) is 0 Å². The van der Waals surface area contributed by atoms with Crippen molar-refractivity contribution >= 4 is 85.9 Å². The Kier molecular flexibility index (Phi) is 7.41. The Hall–Kier alpha value is -7.93. The number of nitrogens with zero attached hydrogens (tertiary/aromatic N) is 5. The zero-order valence-corrected chi connectivity index (χ0v) is 33.5. The van der Waals surface area contributed by atoms with Gasteiger partial charge in [0.15, 0.2) is 17.5 Å². The predicted octanol–water partition coefficient (Wildman–Crippen LogP) is 14.6. The van der Waals surface area contributed by atoms with Gasteiger partial charge in [-0.2, -0.15) is 0 Å². The first kappa shape index (κ1) is 34.0. The van der Waals surface area contributed by atoms with Gasteiger partial charge in [0.25, 0.3) is 0 Å². The monoisotopic (exact) mass is 795 g/mol. The van der Waals surface area contributed by atoms with Gasteiger partial charge < -0.3 is 9.13 Å². The zero-order valence-electron chi connectivity index (χ0n) is 32.7. The van der Waals surface area contributed by atoms with Crippen LogP contribution in [0.15, 0.2) is 200 Å². The van der Waals surface area contributed by atoms with Gasteiger partial charge in [-0.25, -0.2) is 15.0 Å². The fourth-order valence-corrected chi connectivity index (χ4v) is 10.8. The molecular weight excluding hydrogens is 763 g/mol. The number of rotatable bonds is 5. The van der Waals surface area contributed by atoms with E-state index >= 15 is 0 Å². The highest BCUT2D eigenvalue weighted by Gasteiger charge is 2.24. The Labute approximate surface area is 354 Å². The summed E-state index contributed by atoms with van der Waals surface area (Å²) >= 11 is 1.79. The number of fused-ring (bicyclic) bond motifs is 10. The molecule has 9 aromatic carbocycles. The van der Waals surface area contributed by atoms with Crippen molar-refractivity contribution in [3.8, 4) is 45.5 Å². The summed E-state index contributed by atoms with van der Waals surface area (Å²) in [6.45, 7) is 0. The molecule has 0 atom stereocenters. The van der Waals surface area contributed by atoms with E-state index in [0.29, 0.717) is 17.5 Å². The van der Waals surface area contributed by atoms with E-state index in [4.69, 9.17) is 15.0 Å². The van der Waals surface area contributed by atoms with Crippen LogP contribution < -0.4 is 0 Å². The number of benzene rings is 9. The third-order valence-corrected chi connectivity index (χ3v) is 13.4. The largest absolute Gasteiger partial charge is 0.307 e. The van der Waals surface area contributed by atoms with E-state index in [1.807, 2.05) is 18.2 Å². The van der Waals surface area contributed by atoms with Crippen LogP contribution in [0.2, 0.25) is 0 Å². The molecule has 4 aromatic heterocycles. The van der Waals surface area contributed by atoms with E-state index in [-0.39, 0.29) is 0 Å². The molecule has 0 N–H and O–H groups in total. The first-order valence-electron chi connectivity index (χ1n) is 20.5. The molecule has 0 saturated carbocycles. The van der Waals surface area contributed by atoms with Crippen molar-refractivity contribution in [3.05, 3.63) is 200 Å². The molecule has 0 aliphatic carbocycles. The smallest absolute Gasteiger partial charge is 0.166 e. The lowest BCUT2D eigenvalue weighted by Crippen LogP contribution is -2.04.